The van der Waals surface area contributed by atoms with E-state index in [9.17, 15) is 0 Å². The lowest BCUT2D eigenvalue weighted by Gasteiger charge is -2.16. The van der Waals surface area contributed by atoms with Crippen LogP contribution in [0.4, 0.5) is 5.69 Å². The molecule has 0 radical (unpaired) electrons. The summed E-state index contributed by atoms with van der Waals surface area (Å²) in [5.41, 5.74) is 1.05. The van der Waals surface area contributed by atoms with Crippen molar-refractivity contribution >= 4 is 5.69 Å². The van der Waals surface area contributed by atoms with Crippen molar-refractivity contribution in [2.75, 3.05) is 11.9 Å². The van der Waals surface area contributed by atoms with Gasteiger partial charge in [0.05, 0.1) is 25.0 Å². The summed E-state index contributed by atoms with van der Waals surface area (Å²) in [7, 11) is 0. The lowest BCUT2D eigenvalue weighted by Crippen LogP contribution is -2.17. The Labute approximate surface area is 97.7 Å². The zero-order valence-electron chi connectivity index (χ0n) is 10.3. The Kier molecular flexibility index (Phi) is 5.93. The second kappa shape index (κ2) is 7.28. The maximum atomic E-state index is 8.79. The van der Waals surface area contributed by atoms with Gasteiger partial charge in [0, 0.05) is 12.2 Å². The van der Waals surface area contributed by atoms with Gasteiger partial charge in [-0.2, -0.15) is 5.10 Å². The number of nitrogens with one attached hydrogen (secondary N) is 1. The molecule has 2 N–H and O–H groups in total. The highest BCUT2D eigenvalue weighted by molar-refractivity contribution is 5.39. The first-order chi connectivity index (χ1) is 7.80. The normalized spacial score (nSPS) is 12.7. The number of rotatable bonds is 8. The summed E-state index contributed by atoms with van der Waals surface area (Å²) in [6.07, 6.45) is 8.61. The van der Waals surface area contributed by atoms with Crippen molar-refractivity contribution < 1.29 is 5.11 Å². The predicted octanol–water partition coefficient (Wildman–Crippen LogP) is 2.26. The largest absolute Gasteiger partial charge is 0.394 e. The lowest BCUT2D eigenvalue weighted by molar-refractivity contribution is 0.269. The molecule has 1 aromatic rings. The number of aliphatic hydroxyl groups is 1. The molecule has 92 valence electrons. The summed E-state index contributed by atoms with van der Waals surface area (Å²) in [6.45, 7) is 5.11. The van der Waals surface area contributed by atoms with E-state index >= 15 is 0 Å². The summed E-state index contributed by atoms with van der Waals surface area (Å²) in [5.74, 6) is 0. The second-order valence-corrected chi connectivity index (χ2v) is 4.11. The monoisotopic (exact) mass is 225 g/mol. The van der Waals surface area contributed by atoms with Gasteiger partial charge in [0.1, 0.15) is 0 Å². The molecule has 0 spiro atoms. The van der Waals surface area contributed by atoms with Crippen LogP contribution >= 0.6 is 0 Å². The van der Waals surface area contributed by atoms with Gasteiger partial charge in [-0.25, -0.2) is 0 Å². The summed E-state index contributed by atoms with van der Waals surface area (Å²) < 4.78 is 1.76. The number of aromatic nitrogens is 2. The molecule has 0 aliphatic heterocycles. The first-order valence-corrected chi connectivity index (χ1v) is 6.20. The van der Waals surface area contributed by atoms with Crippen molar-refractivity contribution in [2.45, 2.75) is 52.1 Å². The van der Waals surface area contributed by atoms with Gasteiger partial charge in [0.25, 0.3) is 0 Å². The fourth-order valence-electron chi connectivity index (χ4n) is 1.73. The van der Waals surface area contributed by atoms with E-state index in [0.29, 0.717) is 12.6 Å². The third-order valence-electron chi connectivity index (χ3n) is 2.73. The summed E-state index contributed by atoms with van der Waals surface area (Å²) in [5, 5.41) is 16.4. The van der Waals surface area contributed by atoms with Crippen LogP contribution in [0.15, 0.2) is 12.4 Å². The molecule has 1 aromatic heterocycles. The highest BCUT2D eigenvalue weighted by Crippen LogP contribution is 2.12. The highest BCUT2D eigenvalue weighted by Gasteiger charge is 2.06. The van der Waals surface area contributed by atoms with E-state index in [2.05, 4.69) is 24.3 Å². The molecule has 4 nitrogen and oxygen atoms in total. The third-order valence-corrected chi connectivity index (χ3v) is 2.73. The van der Waals surface area contributed by atoms with Crippen molar-refractivity contribution in [2.24, 2.45) is 0 Å². The van der Waals surface area contributed by atoms with Crippen molar-refractivity contribution in [3.63, 3.8) is 0 Å². The number of hydrogen-bond acceptors (Lipinski definition) is 3. The first kappa shape index (κ1) is 13.0. The number of unbranched alkanes of at least 4 members (excludes halogenated alkanes) is 1. The maximum Gasteiger partial charge on any atom is 0.0728 e. The van der Waals surface area contributed by atoms with Crippen LogP contribution < -0.4 is 5.32 Å². The number of nitrogens with zero attached hydrogens (tertiary/aromatic N) is 2. The Balaban J connectivity index is 2.43. The molecule has 0 saturated heterocycles. The van der Waals surface area contributed by atoms with Crippen molar-refractivity contribution in [3.05, 3.63) is 12.4 Å². The van der Waals surface area contributed by atoms with Gasteiger partial charge in [0.2, 0.25) is 0 Å². The molecule has 0 aliphatic carbocycles. The van der Waals surface area contributed by atoms with Crippen LogP contribution in [0.3, 0.4) is 0 Å². The van der Waals surface area contributed by atoms with Crippen LogP contribution in [0.25, 0.3) is 0 Å². The second-order valence-electron chi connectivity index (χ2n) is 4.11. The first-order valence-electron chi connectivity index (χ1n) is 6.20. The number of hydrogen-bond donors (Lipinski definition) is 2. The highest BCUT2D eigenvalue weighted by atomic mass is 16.3. The Morgan fingerprint density at radius 2 is 2.31 bits per heavy atom. The standard InChI is InChI=1S/C12H23N3O/c1-3-5-6-11(4-2)14-12-9-13-15(10-12)7-8-16/h9-11,14,16H,3-8H2,1-2H3. The fourth-order valence-corrected chi connectivity index (χ4v) is 1.73. The summed E-state index contributed by atoms with van der Waals surface area (Å²) >= 11 is 0. The number of aliphatic hydroxyl groups excluding tert-OH is 1. The molecule has 0 aliphatic rings. The molecule has 1 rings (SSSR count). The van der Waals surface area contributed by atoms with E-state index in [1.165, 1.54) is 19.3 Å². The van der Waals surface area contributed by atoms with Gasteiger partial charge in [-0.05, 0) is 12.8 Å². The zero-order chi connectivity index (χ0) is 11.8. The Bertz CT molecular complexity index is 286. The summed E-state index contributed by atoms with van der Waals surface area (Å²) in [6, 6.07) is 0.534. The lowest BCUT2D eigenvalue weighted by atomic mass is 10.1. The molecule has 1 heterocycles. The molecule has 0 amide bonds. The molecule has 4 heteroatoms. The van der Waals surface area contributed by atoms with Crippen molar-refractivity contribution in [3.8, 4) is 0 Å². The maximum absolute atomic E-state index is 8.79. The zero-order valence-corrected chi connectivity index (χ0v) is 10.3. The summed E-state index contributed by atoms with van der Waals surface area (Å²) in [4.78, 5) is 0. The van der Waals surface area contributed by atoms with Gasteiger partial charge in [-0.15, -0.1) is 0 Å². The van der Waals surface area contributed by atoms with Gasteiger partial charge in [-0.1, -0.05) is 26.7 Å². The Hall–Kier alpha value is -1.03. The predicted molar refractivity (Wildman–Crippen MR) is 66.5 cm³/mol. The SMILES string of the molecule is CCCCC(CC)Nc1cnn(CCO)c1. The molecule has 0 fully saturated rings. The minimum absolute atomic E-state index is 0.133. The molecule has 1 unspecified atom stereocenters. The fraction of sp³-hybridized carbons (Fsp3) is 0.750. The average molecular weight is 225 g/mol. The molecular formula is C12H23N3O. The smallest absolute Gasteiger partial charge is 0.0728 e. The van der Waals surface area contributed by atoms with E-state index in [0.717, 1.165) is 12.1 Å². The Morgan fingerprint density at radius 3 is 2.94 bits per heavy atom. The molecular weight excluding hydrogens is 202 g/mol. The van der Waals surface area contributed by atoms with Gasteiger partial charge in [-0.3, -0.25) is 4.68 Å². The van der Waals surface area contributed by atoms with E-state index in [1.54, 1.807) is 4.68 Å². The molecule has 0 bridgehead atoms. The van der Waals surface area contributed by atoms with Gasteiger partial charge in [0.15, 0.2) is 0 Å². The van der Waals surface area contributed by atoms with Crippen LogP contribution in [0.2, 0.25) is 0 Å². The van der Waals surface area contributed by atoms with Crippen LogP contribution in [-0.4, -0.2) is 27.5 Å². The number of anilines is 1. The molecule has 0 saturated carbocycles. The van der Waals surface area contributed by atoms with E-state index in [4.69, 9.17) is 5.11 Å². The van der Waals surface area contributed by atoms with Gasteiger partial charge < -0.3 is 10.4 Å². The molecule has 0 aromatic carbocycles. The van der Waals surface area contributed by atoms with E-state index in [-0.39, 0.29) is 6.61 Å². The molecule has 16 heavy (non-hydrogen) atoms. The average Bonchev–Trinajstić information content (AvgIpc) is 2.72. The van der Waals surface area contributed by atoms with Crippen LogP contribution in [0, 0.1) is 0 Å². The van der Waals surface area contributed by atoms with Crippen molar-refractivity contribution in [1.82, 2.24) is 9.78 Å². The van der Waals surface area contributed by atoms with E-state index in [1.807, 2.05) is 12.4 Å². The van der Waals surface area contributed by atoms with Crippen LogP contribution in [0.1, 0.15) is 39.5 Å². The Morgan fingerprint density at radius 1 is 1.50 bits per heavy atom. The quantitative estimate of drug-likeness (QED) is 0.713. The van der Waals surface area contributed by atoms with Crippen LogP contribution in [-0.2, 0) is 6.54 Å². The van der Waals surface area contributed by atoms with E-state index < -0.39 is 0 Å². The van der Waals surface area contributed by atoms with Crippen molar-refractivity contribution in [1.29, 1.82) is 0 Å². The molecule has 1 atom stereocenters. The topological polar surface area (TPSA) is 50.1 Å². The van der Waals surface area contributed by atoms with Crippen LogP contribution in [0.5, 0.6) is 0 Å². The van der Waals surface area contributed by atoms with Gasteiger partial charge >= 0.3 is 0 Å². The minimum Gasteiger partial charge on any atom is -0.394 e. The third kappa shape index (κ3) is 4.23. The minimum atomic E-state index is 0.133.